The Labute approximate surface area is 97.2 Å². The highest BCUT2D eigenvalue weighted by Crippen LogP contribution is 2.29. The molecule has 0 amide bonds. The van der Waals surface area contributed by atoms with E-state index in [9.17, 15) is 0 Å². The molecular formula is C13H20N2O. The maximum atomic E-state index is 5.43. The molecule has 1 aliphatic rings. The second-order valence-electron chi connectivity index (χ2n) is 4.42. The molecule has 2 N–H and O–H groups in total. The minimum absolute atomic E-state index is 0.547. The number of ether oxygens (including phenoxy) is 1. The highest BCUT2D eigenvalue weighted by Gasteiger charge is 2.16. The second kappa shape index (κ2) is 4.74. The van der Waals surface area contributed by atoms with Gasteiger partial charge < -0.3 is 15.4 Å². The number of aryl methyl sites for hydroxylation is 1. The Kier molecular flexibility index (Phi) is 3.34. The number of hydrogen-bond acceptors (Lipinski definition) is 3. The van der Waals surface area contributed by atoms with E-state index in [0.29, 0.717) is 6.04 Å². The van der Waals surface area contributed by atoms with Crippen molar-refractivity contribution < 1.29 is 4.74 Å². The highest BCUT2D eigenvalue weighted by atomic mass is 16.5. The fourth-order valence-corrected chi connectivity index (χ4v) is 2.30. The quantitative estimate of drug-likeness (QED) is 0.818. The molecular weight excluding hydrogens is 200 g/mol. The van der Waals surface area contributed by atoms with E-state index in [4.69, 9.17) is 4.74 Å². The Balaban J connectivity index is 2.20. The SMILES string of the molecule is COc1c(C)ccc(NC2CCNC2)c1C. The van der Waals surface area contributed by atoms with E-state index in [2.05, 4.69) is 36.6 Å². The topological polar surface area (TPSA) is 33.3 Å². The van der Waals surface area contributed by atoms with Crippen LogP contribution in [0.2, 0.25) is 0 Å². The first-order valence-electron chi connectivity index (χ1n) is 5.84. The summed E-state index contributed by atoms with van der Waals surface area (Å²) in [6.45, 7) is 6.35. The van der Waals surface area contributed by atoms with Crippen molar-refractivity contribution in [3.8, 4) is 5.75 Å². The molecule has 0 bridgehead atoms. The largest absolute Gasteiger partial charge is 0.496 e. The van der Waals surface area contributed by atoms with Gasteiger partial charge in [0.2, 0.25) is 0 Å². The molecule has 88 valence electrons. The molecule has 0 aromatic heterocycles. The van der Waals surface area contributed by atoms with Gasteiger partial charge in [-0.1, -0.05) is 6.07 Å². The van der Waals surface area contributed by atoms with Crippen molar-refractivity contribution in [3.63, 3.8) is 0 Å². The van der Waals surface area contributed by atoms with Crippen molar-refractivity contribution >= 4 is 5.69 Å². The van der Waals surface area contributed by atoms with Crippen LogP contribution in [0.1, 0.15) is 17.5 Å². The van der Waals surface area contributed by atoms with Crippen LogP contribution < -0.4 is 15.4 Å². The summed E-state index contributed by atoms with van der Waals surface area (Å²) >= 11 is 0. The zero-order valence-corrected chi connectivity index (χ0v) is 10.3. The van der Waals surface area contributed by atoms with Gasteiger partial charge in [0.05, 0.1) is 7.11 Å². The molecule has 1 unspecified atom stereocenters. The van der Waals surface area contributed by atoms with Crippen LogP contribution in [0.25, 0.3) is 0 Å². The van der Waals surface area contributed by atoms with E-state index in [-0.39, 0.29) is 0 Å². The number of methoxy groups -OCH3 is 1. The maximum Gasteiger partial charge on any atom is 0.126 e. The first kappa shape index (κ1) is 11.3. The monoisotopic (exact) mass is 220 g/mol. The van der Waals surface area contributed by atoms with Gasteiger partial charge in [-0.25, -0.2) is 0 Å². The Morgan fingerprint density at radius 3 is 2.81 bits per heavy atom. The van der Waals surface area contributed by atoms with Gasteiger partial charge in [0, 0.05) is 23.8 Å². The van der Waals surface area contributed by atoms with E-state index in [1.807, 2.05) is 0 Å². The first-order chi connectivity index (χ1) is 7.72. The van der Waals surface area contributed by atoms with E-state index in [1.54, 1.807) is 7.11 Å². The van der Waals surface area contributed by atoms with Gasteiger partial charge in [0.1, 0.15) is 5.75 Å². The lowest BCUT2D eigenvalue weighted by molar-refractivity contribution is 0.409. The maximum absolute atomic E-state index is 5.43. The van der Waals surface area contributed by atoms with Crippen LogP contribution in [0.5, 0.6) is 5.75 Å². The smallest absolute Gasteiger partial charge is 0.126 e. The third-order valence-electron chi connectivity index (χ3n) is 3.23. The molecule has 2 rings (SSSR count). The predicted molar refractivity (Wildman–Crippen MR) is 67.4 cm³/mol. The summed E-state index contributed by atoms with van der Waals surface area (Å²) in [6, 6.07) is 4.80. The van der Waals surface area contributed by atoms with Gasteiger partial charge in [-0.3, -0.25) is 0 Å². The number of hydrogen-bond donors (Lipinski definition) is 2. The van der Waals surface area contributed by atoms with Gasteiger partial charge in [0.25, 0.3) is 0 Å². The minimum atomic E-state index is 0.547. The number of benzene rings is 1. The van der Waals surface area contributed by atoms with Crippen molar-refractivity contribution in [2.45, 2.75) is 26.3 Å². The Hall–Kier alpha value is -1.22. The molecule has 1 aromatic carbocycles. The predicted octanol–water partition coefficient (Wildman–Crippen LogP) is 2.09. The van der Waals surface area contributed by atoms with Crippen molar-refractivity contribution in [2.24, 2.45) is 0 Å². The third-order valence-corrected chi connectivity index (χ3v) is 3.23. The Bertz CT molecular complexity index is 370. The standard InChI is InChI=1S/C13H20N2O/c1-9-4-5-12(10(2)13(9)16-3)15-11-6-7-14-8-11/h4-5,11,14-15H,6-8H2,1-3H3. The zero-order valence-electron chi connectivity index (χ0n) is 10.3. The summed E-state index contributed by atoms with van der Waals surface area (Å²) in [5.41, 5.74) is 3.58. The number of nitrogens with one attached hydrogen (secondary N) is 2. The molecule has 1 atom stereocenters. The molecule has 0 radical (unpaired) electrons. The molecule has 0 saturated carbocycles. The van der Waals surface area contributed by atoms with Crippen molar-refractivity contribution in [3.05, 3.63) is 23.3 Å². The molecule has 0 spiro atoms. The third kappa shape index (κ3) is 2.14. The van der Waals surface area contributed by atoms with Gasteiger partial charge in [-0.05, 0) is 38.4 Å². The molecule has 16 heavy (non-hydrogen) atoms. The van der Waals surface area contributed by atoms with E-state index in [1.165, 1.54) is 23.2 Å². The molecule has 1 aromatic rings. The second-order valence-corrected chi connectivity index (χ2v) is 4.42. The lowest BCUT2D eigenvalue weighted by Gasteiger charge is -2.18. The molecule has 1 saturated heterocycles. The summed E-state index contributed by atoms with van der Waals surface area (Å²) in [7, 11) is 1.73. The molecule has 0 aliphatic carbocycles. The lowest BCUT2D eigenvalue weighted by atomic mass is 10.1. The fourth-order valence-electron chi connectivity index (χ4n) is 2.30. The highest BCUT2D eigenvalue weighted by molar-refractivity contribution is 5.60. The average Bonchev–Trinajstić information content (AvgIpc) is 2.76. The molecule has 1 aliphatic heterocycles. The van der Waals surface area contributed by atoms with E-state index in [0.717, 1.165) is 18.8 Å². The fraction of sp³-hybridized carbons (Fsp3) is 0.538. The van der Waals surface area contributed by atoms with Gasteiger partial charge in [-0.15, -0.1) is 0 Å². The summed E-state index contributed by atoms with van der Waals surface area (Å²) < 4.78 is 5.43. The lowest BCUT2D eigenvalue weighted by Crippen LogP contribution is -2.22. The van der Waals surface area contributed by atoms with E-state index >= 15 is 0 Å². The van der Waals surface area contributed by atoms with Crippen LogP contribution >= 0.6 is 0 Å². The average molecular weight is 220 g/mol. The molecule has 1 heterocycles. The normalized spacial score (nSPS) is 19.8. The van der Waals surface area contributed by atoms with Crippen LogP contribution in [-0.4, -0.2) is 26.2 Å². The summed E-state index contributed by atoms with van der Waals surface area (Å²) in [5, 5.41) is 6.93. The Morgan fingerprint density at radius 2 is 2.19 bits per heavy atom. The van der Waals surface area contributed by atoms with Crippen molar-refractivity contribution in [1.82, 2.24) is 5.32 Å². The first-order valence-corrected chi connectivity index (χ1v) is 5.84. The summed E-state index contributed by atoms with van der Waals surface area (Å²) in [5.74, 6) is 0.996. The van der Waals surface area contributed by atoms with Crippen LogP contribution in [-0.2, 0) is 0 Å². The molecule has 1 fully saturated rings. The number of anilines is 1. The van der Waals surface area contributed by atoms with Crippen LogP contribution in [0, 0.1) is 13.8 Å². The van der Waals surface area contributed by atoms with Crippen LogP contribution in [0.15, 0.2) is 12.1 Å². The minimum Gasteiger partial charge on any atom is -0.496 e. The van der Waals surface area contributed by atoms with E-state index < -0.39 is 0 Å². The zero-order chi connectivity index (χ0) is 11.5. The summed E-state index contributed by atoms with van der Waals surface area (Å²) in [6.07, 6.45) is 1.19. The molecule has 3 nitrogen and oxygen atoms in total. The van der Waals surface area contributed by atoms with Crippen LogP contribution in [0.4, 0.5) is 5.69 Å². The van der Waals surface area contributed by atoms with Crippen LogP contribution in [0.3, 0.4) is 0 Å². The van der Waals surface area contributed by atoms with Gasteiger partial charge >= 0.3 is 0 Å². The van der Waals surface area contributed by atoms with Crippen molar-refractivity contribution in [2.75, 3.05) is 25.5 Å². The Morgan fingerprint density at radius 1 is 1.38 bits per heavy atom. The number of rotatable bonds is 3. The van der Waals surface area contributed by atoms with Gasteiger partial charge in [0.15, 0.2) is 0 Å². The molecule has 3 heteroatoms. The van der Waals surface area contributed by atoms with Crippen molar-refractivity contribution in [1.29, 1.82) is 0 Å². The summed E-state index contributed by atoms with van der Waals surface area (Å²) in [4.78, 5) is 0. The van der Waals surface area contributed by atoms with Gasteiger partial charge in [-0.2, -0.15) is 0 Å².